The first kappa shape index (κ1) is 18.6. The van der Waals surface area contributed by atoms with E-state index in [1.54, 1.807) is 23.6 Å². The fraction of sp³-hybridized carbons (Fsp3) is 0.438. The number of amides is 1. The predicted octanol–water partition coefficient (Wildman–Crippen LogP) is 3.45. The Balaban J connectivity index is 2.07. The molecule has 130 valence electrons. The second kappa shape index (κ2) is 8.39. The number of unbranched alkanes of at least 4 members (excludes halogenated alkanes) is 1. The van der Waals surface area contributed by atoms with E-state index in [9.17, 15) is 9.59 Å². The molecule has 1 unspecified atom stereocenters. The number of hydrogen-bond acceptors (Lipinski definition) is 4. The molecule has 1 amide bonds. The molecule has 1 aromatic heterocycles. The van der Waals surface area contributed by atoms with Gasteiger partial charge in [0, 0.05) is 17.3 Å². The summed E-state index contributed by atoms with van der Waals surface area (Å²) in [7, 11) is 0. The third-order valence-electron chi connectivity index (χ3n) is 3.57. The van der Waals surface area contributed by atoms with E-state index in [1.165, 1.54) is 11.8 Å². The molecule has 0 aliphatic carbocycles. The van der Waals surface area contributed by atoms with Crippen molar-refractivity contribution in [1.29, 1.82) is 0 Å². The summed E-state index contributed by atoms with van der Waals surface area (Å²) in [5.41, 5.74) is 1.37. The first-order chi connectivity index (χ1) is 11.4. The van der Waals surface area contributed by atoms with E-state index < -0.39 is 5.25 Å². The van der Waals surface area contributed by atoms with Crippen molar-refractivity contribution in [2.45, 2.75) is 50.6 Å². The Hall–Kier alpha value is -1.73. The minimum atomic E-state index is -0.404. The van der Waals surface area contributed by atoms with Crippen LogP contribution in [0.3, 0.4) is 0 Å². The molecule has 0 bridgehead atoms. The zero-order valence-electron chi connectivity index (χ0n) is 13.9. The number of hydrogen-bond donors (Lipinski definition) is 2. The largest absolute Gasteiger partial charge is 0.343 e. The zero-order chi connectivity index (χ0) is 17.7. The number of nitrogens with zero attached hydrogens (tertiary/aromatic N) is 2. The molecule has 1 atom stereocenters. The molecule has 2 aromatic rings. The molecule has 0 radical (unpaired) electrons. The molecule has 6 nitrogen and oxygen atoms in total. The number of aromatic amines is 1. The monoisotopic (exact) mass is 368 g/mol. The Labute approximate surface area is 150 Å². The molecule has 0 saturated carbocycles. The Morgan fingerprint density at radius 2 is 2.25 bits per heavy atom. The van der Waals surface area contributed by atoms with Gasteiger partial charge in [-0.2, -0.15) is 0 Å². The van der Waals surface area contributed by atoms with Gasteiger partial charge in [0.1, 0.15) is 0 Å². The molecule has 2 N–H and O–H groups in total. The summed E-state index contributed by atoms with van der Waals surface area (Å²) < 4.78 is 1.57. The van der Waals surface area contributed by atoms with Gasteiger partial charge in [-0.05, 0) is 38.0 Å². The van der Waals surface area contributed by atoms with Crippen molar-refractivity contribution < 1.29 is 4.79 Å². The van der Waals surface area contributed by atoms with Crippen LogP contribution in [0, 0.1) is 6.92 Å². The topological polar surface area (TPSA) is 79.8 Å². The summed E-state index contributed by atoms with van der Waals surface area (Å²) in [6.45, 7) is 6.33. The Morgan fingerprint density at radius 3 is 2.96 bits per heavy atom. The van der Waals surface area contributed by atoms with Crippen molar-refractivity contribution in [3.05, 3.63) is 39.3 Å². The first-order valence-electron chi connectivity index (χ1n) is 7.81. The van der Waals surface area contributed by atoms with Crippen molar-refractivity contribution in [3.63, 3.8) is 0 Å². The molecular weight excluding hydrogens is 348 g/mol. The van der Waals surface area contributed by atoms with Crippen LogP contribution < -0.4 is 11.0 Å². The van der Waals surface area contributed by atoms with E-state index in [0.29, 0.717) is 22.4 Å². The van der Waals surface area contributed by atoms with Crippen LogP contribution in [0.5, 0.6) is 0 Å². The third-order valence-corrected chi connectivity index (χ3v) is 4.89. The SMILES string of the molecule is CCCCn1c(SC(C)C(=O)Nc2cc(Cl)ccc2C)n[nH]c1=O. The lowest BCUT2D eigenvalue weighted by atomic mass is 10.2. The predicted molar refractivity (Wildman–Crippen MR) is 97.9 cm³/mol. The number of H-pyrrole nitrogens is 1. The molecule has 0 aliphatic heterocycles. The molecule has 1 heterocycles. The number of anilines is 1. The maximum absolute atomic E-state index is 12.4. The summed E-state index contributed by atoms with van der Waals surface area (Å²) in [5.74, 6) is -0.164. The lowest BCUT2D eigenvalue weighted by molar-refractivity contribution is -0.115. The Bertz CT molecular complexity index is 772. The molecule has 0 aliphatic rings. The highest BCUT2D eigenvalue weighted by molar-refractivity contribution is 8.00. The van der Waals surface area contributed by atoms with Crippen LogP contribution >= 0.6 is 23.4 Å². The van der Waals surface area contributed by atoms with Gasteiger partial charge in [-0.25, -0.2) is 9.89 Å². The summed E-state index contributed by atoms with van der Waals surface area (Å²) in [6.07, 6.45) is 1.86. The standard InChI is InChI=1S/C16H21ClN4O2S/c1-4-5-8-21-15(23)19-20-16(21)24-11(3)14(22)18-13-9-12(17)7-6-10(13)2/h6-7,9,11H,4-5,8H2,1-3H3,(H,18,22)(H,19,23). The summed E-state index contributed by atoms with van der Waals surface area (Å²) in [5, 5.41) is 10.0. The highest BCUT2D eigenvalue weighted by Crippen LogP contribution is 2.24. The molecule has 24 heavy (non-hydrogen) atoms. The quantitative estimate of drug-likeness (QED) is 0.733. The number of carbonyl (C=O) groups excluding carboxylic acids is 1. The van der Waals surface area contributed by atoms with Crippen molar-refractivity contribution >= 4 is 35.0 Å². The Morgan fingerprint density at radius 1 is 1.50 bits per heavy atom. The van der Waals surface area contributed by atoms with Gasteiger partial charge in [0.25, 0.3) is 0 Å². The first-order valence-corrected chi connectivity index (χ1v) is 9.07. The molecule has 1 aromatic carbocycles. The van der Waals surface area contributed by atoms with Crippen LogP contribution in [0.15, 0.2) is 28.2 Å². The van der Waals surface area contributed by atoms with Gasteiger partial charge in [-0.1, -0.05) is 42.8 Å². The Kier molecular flexibility index (Phi) is 6.51. The smallest absolute Gasteiger partial charge is 0.325 e. The number of rotatable bonds is 7. The summed E-state index contributed by atoms with van der Waals surface area (Å²) >= 11 is 7.23. The van der Waals surface area contributed by atoms with E-state index in [4.69, 9.17) is 11.6 Å². The van der Waals surface area contributed by atoms with Crippen molar-refractivity contribution in [3.8, 4) is 0 Å². The normalized spacial score (nSPS) is 12.2. The molecule has 0 fully saturated rings. The number of thioether (sulfide) groups is 1. The van der Waals surface area contributed by atoms with Gasteiger partial charge < -0.3 is 5.32 Å². The van der Waals surface area contributed by atoms with Crippen LogP contribution in [0.2, 0.25) is 5.02 Å². The van der Waals surface area contributed by atoms with Gasteiger partial charge >= 0.3 is 5.69 Å². The average molecular weight is 369 g/mol. The fourth-order valence-electron chi connectivity index (χ4n) is 2.08. The number of benzene rings is 1. The van der Waals surface area contributed by atoms with E-state index in [-0.39, 0.29) is 11.6 Å². The zero-order valence-corrected chi connectivity index (χ0v) is 15.5. The van der Waals surface area contributed by atoms with Crippen molar-refractivity contribution in [2.24, 2.45) is 0 Å². The minimum absolute atomic E-state index is 0.164. The maximum Gasteiger partial charge on any atom is 0.343 e. The maximum atomic E-state index is 12.4. The summed E-state index contributed by atoms with van der Waals surface area (Å²) in [4.78, 5) is 24.2. The third kappa shape index (κ3) is 4.64. The highest BCUT2D eigenvalue weighted by atomic mass is 35.5. The molecule has 8 heteroatoms. The molecule has 0 saturated heterocycles. The highest BCUT2D eigenvalue weighted by Gasteiger charge is 2.19. The number of carbonyl (C=O) groups is 1. The van der Waals surface area contributed by atoms with E-state index in [2.05, 4.69) is 22.4 Å². The van der Waals surface area contributed by atoms with E-state index in [0.717, 1.165) is 18.4 Å². The van der Waals surface area contributed by atoms with Gasteiger partial charge in [-0.15, -0.1) is 5.10 Å². The molecular formula is C16H21ClN4O2S. The van der Waals surface area contributed by atoms with Gasteiger partial charge in [0.05, 0.1) is 5.25 Å². The van der Waals surface area contributed by atoms with Gasteiger partial charge in [0.15, 0.2) is 5.16 Å². The van der Waals surface area contributed by atoms with E-state index in [1.807, 2.05) is 13.0 Å². The lowest BCUT2D eigenvalue weighted by Gasteiger charge is -2.13. The van der Waals surface area contributed by atoms with Crippen LogP contribution in [0.1, 0.15) is 32.3 Å². The van der Waals surface area contributed by atoms with Crippen LogP contribution in [0.25, 0.3) is 0 Å². The van der Waals surface area contributed by atoms with Crippen LogP contribution in [-0.2, 0) is 11.3 Å². The van der Waals surface area contributed by atoms with Crippen LogP contribution in [-0.4, -0.2) is 25.9 Å². The minimum Gasteiger partial charge on any atom is -0.325 e. The second-order valence-corrected chi connectivity index (χ2v) is 7.27. The number of aryl methyl sites for hydroxylation is 1. The van der Waals surface area contributed by atoms with Crippen molar-refractivity contribution in [2.75, 3.05) is 5.32 Å². The molecule has 0 spiro atoms. The van der Waals surface area contributed by atoms with Gasteiger partial charge in [0.2, 0.25) is 5.91 Å². The summed E-state index contributed by atoms with van der Waals surface area (Å²) in [6, 6.07) is 5.35. The fourth-order valence-corrected chi connectivity index (χ4v) is 3.14. The van der Waals surface area contributed by atoms with E-state index >= 15 is 0 Å². The number of aromatic nitrogens is 3. The lowest BCUT2D eigenvalue weighted by Crippen LogP contribution is -2.24. The number of halogens is 1. The average Bonchev–Trinajstić information content (AvgIpc) is 2.88. The van der Waals surface area contributed by atoms with Crippen molar-refractivity contribution in [1.82, 2.24) is 14.8 Å². The molecule has 2 rings (SSSR count). The van der Waals surface area contributed by atoms with Crippen LogP contribution in [0.4, 0.5) is 5.69 Å². The number of nitrogens with one attached hydrogen (secondary N) is 2. The van der Waals surface area contributed by atoms with Gasteiger partial charge in [-0.3, -0.25) is 9.36 Å². The second-order valence-electron chi connectivity index (χ2n) is 5.53.